The predicted octanol–water partition coefficient (Wildman–Crippen LogP) is 4.07. The Labute approximate surface area is 171 Å². The summed E-state index contributed by atoms with van der Waals surface area (Å²) in [5.74, 6) is -0.820. The number of rotatable bonds is 6. The number of fused-ring (bicyclic) bond motifs is 1. The molecule has 2 aromatic heterocycles. The van der Waals surface area contributed by atoms with Gasteiger partial charge in [-0.15, -0.1) is 0 Å². The number of carbonyl (C=O) groups is 2. The molecule has 0 saturated carbocycles. The van der Waals surface area contributed by atoms with Crippen LogP contribution in [0.15, 0.2) is 54.7 Å². The third-order valence-corrected chi connectivity index (χ3v) is 4.63. The van der Waals surface area contributed by atoms with Crippen LogP contribution in [0.5, 0.6) is 0 Å². The van der Waals surface area contributed by atoms with E-state index < -0.39 is 12.0 Å². The molecular weight excluding hydrogens is 401 g/mol. The molecule has 0 aliphatic rings. The van der Waals surface area contributed by atoms with Crippen LogP contribution < -0.4 is 5.32 Å². The number of hydrogen-bond acceptors (Lipinski definition) is 4. The highest BCUT2D eigenvalue weighted by Gasteiger charge is 2.18. The van der Waals surface area contributed by atoms with E-state index in [2.05, 4.69) is 10.3 Å². The van der Waals surface area contributed by atoms with Gasteiger partial charge in [-0.05, 0) is 35.9 Å². The lowest BCUT2D eigenvalue weighted by Gasteiger charge is -2.17. The number of hydrogen-bond donors (Lipinski definition) is 1. The molecule has 2 heterocycles. The number of nitrogens with one attached hydrogen (secondary N) is 1. The van der Waals surface area contributed by atoms with Gasteiger partial charge in [-0.25, -0.2) is 4.98 Å². The topological polar surface area (TPSA) is 72.7 Å². The Balaban J connectivity index is 1.79. The highest BCUT2D eigenvalue weighted by atomic mass is 35.5. The highest BCUT2D eigenvalue weighted by molar-refractivity contribution is 6.31. The number of ether oxygens (including phenoxy) is 1. The van der Waals surface area contributed by atoms with Gasteiger partial charge in [0.15, 0.2) is 5.15 Å². The van der Waals surface area contributed by atoms with Crippen LogP contribution in [0.3, 0.4) is 0 Å². The van der Waals surface area contributed by atoms with E-state index in [1.165, 1.54) is 13.2 Å². The molecule has 0 bridgehead atoms. The maximum absolute atomic E-state index is 12.5. The molecule has 6 nitrogen and oxygen atoms in total. The van der Waals surface area contributed by atoms with E-state index in [1.54, 1.807) is 40.9 Å². The quantitative estimate of drug-likeness (QED) is 0.484. The van der Waals surface area contributed by atoms with Gasteiger partial charge in [0.25, 0.3) is 0 Å². The third kappa shape index (κ3) is 4.71. The lowest BCUT2D eigenvalue weighted by Crippen LogP contribution is -2.29. The van der Waals surface area contributed by atoms with Crippen LogP contribution in [-0.4, -0.2) is 28.4 Å². The third-order valence-electron chi connectivity index (χ3n) is 4.10. The average molecular weight is 418 g/mol. The molecule has 1 amide bonds. The van der Waals surface area contributed by atoms with Crippen molar-refractivity contribution in [2.24, 2.45) is 0 Å². The van der Waals surface area contributed by atoms with Crippen molar-refractivity contribution < 1.29 is 14.3 Å². The molecule has 3 aromatic rings. The maximum atomic E-state index is 12.5. The van der Waals surface area contributed by atoms with Crippen molar-refractivity contribution in [3.63, 3.8) is 0 Å². The number of methoxy groups -OCH3 is 1. The molecular formula is C20H17Cl2N3O3. The zero-order valence-electron chi connectivity index (χ0n) is 14.9. The van der Waals surface area contributed by atoms with Crippen molar-refractivity contribution in [3.8, 4) is 0 Å². The van der Waals surface area contributed by atoms with E-state index in [4.69, 9.17) is 27.9 Å². The van der Waals surface area contributed by atoms with Gasteiger partial charge in [0.1, 0.15) is 5.65 Å². The normalized spacial score (nSPS) is 12.2. The van der Waals surface area contributed by atoms with Crippen LogP contribution in [0.1, 0.15) is 23.7 Å². The summed E-state index contributed by atoms with van der Waals surface area (Å²) in [7, 11) is 1.30. The molecule has 0 fully saturated rings. The van der Waals surface area contributed by atoms with E-state index >= 15 is 0 Å². The summed E-state index contributed by atoms with van der Waals surface area (Å²) in [5.41, 5.74) is 2.00. The summed E-state index contributed by atoms with van der Waals surface area (Å²) in [4.78, 5) is 28.4. The molecule has 1 N–H and O–H groups in total. The van der Waals surface area contributed by atoms with Crippen molar-refractivity contribution >= 4 is 46.8 Å². The van der Waals surface area contributed by atoms with E-state index in [1.807, 2.05) is 18.2 Å². The Morgan fingerprint density at radius 3 is 2.68 bits per heavy atom. The molecule has 1 unspecified atom stereocenters. The number of pyridine rings is 1. The van der Waals surface area contributed by atoms with Crippen LogP contribution >= 0.6 is 23.2 Å². The lowest BCUT2D eigenvalue weighted by atomic mass is 10.0. The highest BCUT2D eigenvalue weighted by Crippen LogP contribution is 2.21. The second-order valence-electron chi connectivity index (χ2n) is 5.94. The van der Waals surface area contributed by atoms with E-state index in [-0.39, 0.29) is 12.3 Å². The van der Waals surface area contributed by atoms with Crippen LogP contribution in [0.2, 0.25) is 10.2 Å². The van der Waals surface area contributed by atoms with Crippen molar-refractivity contribution in [1.29, 1.82) is 0 Å². The summed E-state index contributed by atoms with van der Waals surface area (Å²) in [6, 6.07) is 11.8. The monoisotopic (exact) mass is 417 g/mol. The van der Waals surface area contributed by atoms with Crippen molar-refractivity contribution in [2.75, 3.05) is 7.11 Å². The number of imidazole rings is 1. The SMILES string of the molecule is COC(=O)CC(NC(=O)/C=C/c1c(Cl)nc2ccccn12)c1ccc(Cl)cc1. The van der Waals surface area contributed by atoms with Gasteiger partial charge >= 0.3 is 5.97 Å². The van der Waals surface area contributed by atoms with Crippen LogP contribution in [-0.2, 0) is 14.3 Å². The first-order valence-electron chi connectivity index (χ1n) is 8.41. The van der Waals surface area contributed by atoms with Gasteiger partial charge in [-0.2, -0.15) is 0 Å². The standard InChI is InChI=1S/C20H17Cl2N3O3/c1-28-19(27)12-15(13-5-7-14(21)8-6-13)23-18(26)10-9-16-20(22)24-17-4-2-3-11-25(16)17/h2-11,15H,12H2,1H3,(H,23,26)/b10-9+. The first kappa shape index (κ1) is 19.9. The molecule has 144 valence electrons. The fourth-order valence-electron chi connectivity index (χ4n) is 2.71. The first-order chi connectivity index (χ1) is 13.5. The molecule has 1 aromatic carbocycles. The second kappa shape index (κ2) is 8.91. The molecule has 0 radical (unpaired) electrons. The number of benzene rings is 1. The van der Waals surface area contributed by atoms with E-state index in [0.717, 1.165) is 5.56 Å². The molecule has 1 atom stereocenters. The Hall–Kier alpha value is -2.83. The van der Waals surface area contributed by atoms with Gasteiger partial charge in [0.05, 0.1) is 25.3 Å². The van der Waals surface area contributed by atoms with Crippen LogP contribution in [0.25, 0.3) is 11.7 Å². The Morgan fingerprint density at radius 1 is 1.21 bits per heavy atom. The lowest BCUT2D eigenvalue weighted by molar-refractivity contribution is -0.141. The van der Waals surface area contributed by atoms with E-state index in [0.29, 0.717) is 21.5 Å². The Kier molecular flexibility index (Phi) is 6.34. The fraction of sp³-hybridized carbons (Fsp3) is 0.150. The number of esters is 1. The maximum Gasteiger partial charge on any atom is 0.307 e. The molecule has 0 spiro atoms. The average Bonchev–Trinajstić information content (AvgIpc) is 3.01. The second-order valence-corrected chi connectivity index (χ2v) is 6.74. The molecule has 0 aliphatic heterocycles. The number of nitrogens with zero attached hydrogens (tertiary/aromatic N) is 2. The molecule has 0 aliphatic carbocycles. The Bertz CT molecular complexity index is 1030. The minimum atomic E-state index is -0.556. The summed E-state index contributed by atoms with van der Waals surface area (Å²) in [6.07, 6.45) is 4.73. The molecule has 8 heteroatoms. The fourth-order valence-corrected chi connectivity index (χ4v) is 3.07. The summed E-state index contributed by atoms with van der Waals surface area (Å²) in [6.45, 7) is 0. The van der Waals surface area contributed by atoms with Crippen molar-refractivity contribution in [1.82, 2.24) is 14.7 Å². The van der Waals surface area contributed by atoms with Gasteiger partial charge < -0.3 is 10.1 Å². The molecule has 0 saturated heterocycles. The van der Waals surface area contributed by atoms with Crippen molar-refractivity contribution in [2.45, 2.75) is 12.5 Å². The molecule has 3 rings (SSSR count). The zero-order valence-corrected chi connectivity index (χ0v) is 16.4. The largest absolute Gasteiger partial charge is 0.469 e. The Morgan fingerprint density at radius 2 is 1.96 bits per heavy atom. The van der Waals surface area contributed by atoms with Gasteiger partial charge in [0.2, 0.25) is 5.91 Å². The smallest absolute Gasteiger partial charge is 0.307 e. The zero-order chi connectivity index (χ0) is 20.1. The summed E-state index contributed by atoms with van der Waals surface area (Å²) >= 11 is 12.1. The number of halogens is 2. The first-order valence-corrected chi connectivity index (χ1v) is 9.17. The van der Waals surface area contributed by atoms with Crippen LogP contribution in [0, 0.1) is 0 Å². The summed E-state index contributed by atoms with van der Waals surface area (Å²) < 4.78 is 6.50. The minimum absolute atomic E-state index is 0.00587. The van der Waals surface area contributed by atoms with Gasteiger partial charge in [0, 0.05) is 17.3 Å². The van der Waals surface area contributed by atoms with Gasteiger partial charge in [-0.1, -0.05) is 41.4 Å². The van der Waals surface area contributed by atoms with Gasteiger partial charge in [-0.3, -0.25) is 14.0 Å². The predicted molar refractivity (Wildman–Crippen MR) is 108 cm³/mol. The number of aromatic nitrogens is 2. The number of carbonyl (C=O) groups excluding carboxylic acids is 2. The summed E-state index contributed by atoms with van der Waals surface area (Å²) in [5, 5.41) is 3.66. The van der Waals surface area contributed by atoms with Crippen LogP contribution in [0.4, 0.5) is 0 Å². The van der Waals surface area contributed by atoms with E-state index in [9.17, 15) is 9.59 Å². The molecule has 28 heavy (non-hydrogen) atoms. The number of amides is 1. The van der Waals surface area contributed by atoms with Crippen molar-refractivity contribution in [3.05, 3.63) is 76.2 Å². The minimum Gasteiger partial charge on any atom is -0.469 e.